The Balaban J connectivity index is 1.63. The fraction of sp³-hybridized carbons (Fsp3) is 0.455. The van der Waals surface area contributed by atoms with Gasteiger partial charge in [-0.2, -0.15) is 0 Å². The van der Waals surface area contributed by atoms with Crippen molar-refractivity contribution in [3.8, 4) is 5.75 Å². The summed E-state index contributed by atoms with van der Waals surface area (Å²) in [7, 11) is 1.70. The molecule has 2 atom stereocenters. The zero-order valence-corrected chi connectivity index (χ0v) is 15.8. The highest BCUT2D eigenvalue weighted by molar-refractivity contribution is 5.39. The summed E-state index contributed by atoms with van der Waals surface area (Å²) in [6, 6.07) is 11.4. The molecule has 4 heteroatoms. The molecule has 1 aliphatic rings. The molecule has 2 aromatic carbocycles. The third kappa shape index (κ3) is 4.43. The number of fused-ring (bicyclic) bond motifs is 1. The van der Waals surface area contributed by atoms with Crippen LogP contribution >= 0.6 is 0 Å². The van der Waals surface area contributed by atoms with E-state index >= 15 is 0 Å². The smallest absolute Gasteiger partial charge is 0.126 e. The number of benzene rings is 2. The van der Waals surface area contributed by atoms with Crippen molar-refractivity contribution >= 4 is 0 Å². The van der Waals surface area contributed by atoms with Crippen LogP contribution in [-0.2, 0) is 12.8 Å². The number of hydrogen-bond donors (Lipinski definition) is 1. The number of halogens is 1. The minimum absolute atomic E-state index is 0.197. The summed E-state index contributed by atoms with van der Waals surface area (Å²) in [6.07, 6.45) is 1.07. The van der Waals surface area contributed by atoms with Crippen molar-refractivity contribution in [3.63, 3.8) is 0 Å². The molecule has 0 fully saturated rings. The molecule has 140 valence electrons. The van der Waals surface area contributed by atoms with E-state index in [1.54, 1.807) is 20.1 Å². The number of aliphatic hydroxyl groups is 1. The van der Waals surface area contributed by atoms with Crippen molar-refractivity contribution in [2.45, 2.75) is 38.7 Å². The molecule has 0 aromatic heterocycles. The Morgan fingerprint density at radius 3 is 2.81 bits per heavy atom. The standard InChI is InChI=1S/C22H28FNO2/c1-15-10-17(4-7-22(15)23)11-19(25)14-24-9-8-18-5-6-20(26-3)12-21(18)16(2)13-24/h4-7,10,12,16,19,25H,8-9,11,13-14H2,1-3H3. The van der Waals surface area contributed by atoms with Crippen LogP contribution in [0.5, 0.6) is 5.75 Å². The van der Waals surface area contributed by atoms with Crippen LogP contribution < -0.4 is 4.74 Å². The quantitative estimate of drug-likeness (QED) is 0.885. The second kappa shape index (κ2) is 8.19. The van der Waals surface area contributed by atoms with Crippen LogP contribution in [0, 0.1) is 12.7 Å². The van der Waals surface area contributed by atoms with Gasteiger partial charge in [0.25, 0.3) is 0 Å². The number of β-amino-alcohol motifs (C(OH)–C–C–N with tert-alkyl or cyclic N) is 1. The van der Waals surface area contributed by atoms with Gasteiger partial charge in [-0.1, -0.05) is 25.1 Å². The van der Waals surface area contributed by atoms with E-state index in [0.717, 1.165) is 30.8 Å². The summed E-state index contributed by atoms with van der Waals surface area (Å²) in [5, 5.41) is 10.5. The SMILES string of the molecule is COc1ccc2c(c1)C(C)CN(CC(O)Cc1ccc(F)c(C)c1)CC2. The van der Waals surface area contributed by atoms with E-state index in [0.29, 0.717) is 24.4 Å². The third-order valence-corrected chi connectivity index (χ3v) is 5.28. The van der Waals surface area contributed by atoms with Crippen LogP contribution in [0.1, 0.15) is 35.1 Å². The van der Waals surface area contributed by atoms with Gasteiger partial charge in [0.1, 0.15) is 11.6 Å². The molecule has 1 N–H and O–H groups in total. The highest BCUT2D eigenvalue weighted by Crippen LogP contribution is 2.29. The van der Waals surface area contributed by atoms with Gasteiger partial charge in [-0.25, -0.2) is 4.39 Å². The van der Waals surface area contributed by atoms with Gasteiger partial charge in [-0.15, -0.1) is 0 Å². The van der Waals surface area contributed by atoms with Crippen LogP contribution in [0.3, 0.4) is 0 Å². The third-order valence-electron chi connectivity index (χ3n) is 5.28. The first kappa shape index (κ1) is 18.9. The lowest BCUT2D eigenvalue weighted by Gasteiger charge is -2.25. The molecule has 0 aliphatic carbocycles. The van der Waals surface area contributed by atoms with Crippen molar-refractivity contribution in [1.82, 2.24) is 4.90 Å². The molecule has 3 nitrogen and oxygen atoms in total. The Labute approximate surface area is 155 Å². The van der Waals surface area contributed by atoms with Crippen LogP contribution in [0.4, 0.5) is 4.39 Å². The Morgan fingerprint density at radius 1 is 1.27 bits per heavy atom. The van der Waals surface area contributed by atoms with E-state index in [9.17, 15) is 9.50 Å². The summed E-state index contributed by atoms with van der Waals surface area (Å²) >= 11 is 0. The molecule has 0 saturated carbocycles. The van der Waals surface area contributed by atoms with Gasteiger partial charge in [-0.3, -0.25) is 4.90 Å². The molecule has 26 heavy (non-hydrogen) atoms. The summed E-state index contributed by atoms with van der Waals surface area (Å²) in [4.78, 5) is 2.33. The topological polar surface area (TPSA) is 32.7 Å². The molecule has 3 rings (SSSR count). The number of nitrogens with zero attached hydrogens (tertiary/aromatic N) is 1. The van der Waals surface area contributed by atoms with E-state index in [-0.39, 0.29) is 5.82 Å². The first-order chi connectivity index (χ1) is 12.5. The normalized spacial score (nSPS) is 18.9. The molecule has 2 aromatic rings. The van der Waals surface area contributed by atoms with Crippen molar-refractivity contribution in [2.75, 3.05) is 26.7 Å². The monoisotopic (exact) mass is 357 g/mol. The maximum atomic E-state index is 13.4. The molecule has 1 heterocycles. The van der Waals surface area contributed by atoms with Gasteiger partial charge in [0.2, 0.25) is 0 Å². The first-order valence-electron chi connectivity index (χ1n) is 9.28. The Kier molecular flexibility index (Phi) is 5.94. The van der Waals surface area contributed by atoms with Crippen molar-refractivity contribution in [1.29, 1.82) is 0 Å². The summed E-state index contributed by atoms with van der Waals surface area (Å²) < 4.78 is 18.8. The summed E-state index contributed by atoms with van der Waals surface area (Å²) in [5.41, 5.74) is 4.31. The van der Waals surface area contributed by atoms with Crippen LogP contribution in [-0.4, -0.2) is 42.9 Å². The van der Waals surface area contributed by atoms with Crippen molar-refractivity contribution in [2.24, 2.45) is 0 Å². The predicted octanol–water partition coefficient (Wildman–Crippen LogP) is 3.71. The lowest BCUT2D eigenvalue weighted by molar-refractivity contribution is 0.112. The molecule has 0 amide bonds. The van der Waals surface area contributed by atoms with Crippen LogP contribution in [0.15, 0.2) is 36.4 Å². The fourth-order valence-electron chi connectivity index (χ4n) is 3.88. The molecule has 0 saturated heterocycles. The maximum absolute atomic E-state index is 13.4. The van der Waals surface area contributed by atoms with Gasteiger partial charge in [0.05, 0.1) is 13.2 Å². The first-order valence-corrected chi connectivity index (χ1v) is 9.28. The molecular weight excluding hydrogens is 329 g/mol. The molecule has 0 spiro atoms. The number of aliphatic hydroxyl groups excluding tert-OH is 1. The Morgan fingerprint density at radius 2 is 2.08 bits per heavy atom. The number of methoxy groups -OCH3 is 1. The largest absolute Gasteiger partial charge is 0.497 e. The lowest BCUT2D eigenvalue weighted by atomic mass is 9.95. The van der Waals surface area contributed by atoms with E-state index in [2.05, 4.69) is 24.0 Å². The highest BCUT2D eigenvalue weighted by Gasteiger charge is 2.22. The van der Waals surface area contributed by atoms with Gasteiger partial charge in [-0.05, 0) is 66.1 Å². The maximum Gasteiger partial charge on any atom is 0.126 e. The number of ether oxygens (including phenoxy) is 1. The van der Waals surface area contributed by atoms with Gasteiger partial charge < -0.3 is 9.84 Å². The van der Waals surface area contributed by atoms with Crippen molar-refractivity contribution in [3.05, 3.63) is 64.5 Å². The van der Waals surface area contributed by atoms with Gasteiger partial charge >= 0.3 is 0 Å². The van der Waals surface area contributed by atoms with E-state index in [1.807, 2.05) is 12.1 Å². The average molecular weight is 357 g/mol. The summed E-state index contributed by atoms with van der Waals surface area (Å²) in [6.45, 7) is 6.47. The lowest BCUT2D eigenvalue weighted by Crippen LogP contribution is -2.36. The van der Waals surface area contributed by atoms with Crippen molar-refractivity contribution < 1.29 is 14.2 Å². The Hall–Kier alpha value is -1.91. The zero-order chi connectivity index (χ0) is 18.7. The number of hydrogen-bond acceptors (Lipinski definition) is 3. The van der Waals surface area contributed by atoms with E-state index in [1.165, 1.54) is 17.2 Å². The van der Waals surface area contributed by atoms with Crippen LogP contribution in [0.2, 0.25) is 0 Å². The van der Waals surface area contributed by atoms with Crippen LogP contribution in [0.25, 0.3) is 0 Å². The van der Waals surface area contributed by atoms with E-state index in [4.69, 9.17) is 4.74 Å². The Bertz CT molecular complexity index is 762. The molecule has 2 unspecified atom stereocenters. The minimum Gasteiger partial charge on any atom is -0.497 e. The summed E-state index contributed by atoms with van der Waals surface area (Å²) in [5.74, 6) is 1.09. The molecule has 1 aliphatic heterocycles. The molecular formula is C22H28FNO2. The highest BCUT2D eigenvalue weighted by atomic mass is 19.1. The molecule has 0 bridgehead atoms. The number of rotatable bonds is 5. The number of aryl methyl sites for hydroxylation is 1. The second-order valence-corrected chi connectivity index (χ2v) is 7.42. The fourth-order valence-corrected chi connectivity index (χ4v) is 3.88. The average Bonchev–Trinajstić information content (AvgIpc) is 2.77. The molecule has 0 radical (unpaired) electrons. The zero-order valence-electron chi connectivity index (χ0n) is 15.8. The minimum atomic E-state index is -0.456. The second-order valence-electron chi connectivity index (χ2n) is 7.42. The predicted molar refractivity (Wildman–Crippen MR) is 102 cm³/mol. The van der Waals surface area contributed by atoms with Gasteiger partial charge in [0, 0.05) is 19.6 Å². The van der Waals surface area contributed by atoms with E-state index < -0.39 is 6.10 Å². The van der Waals surface area contributed by atoms with Gasteiger partial charge in [0.15, 0.2) is 0 Å².